The lowest BCUT2D eigenvalue weighted by Crippen LogP contribution is -2.52. The van der Waals surface area contributed by atoms with Crippen LogP contribution in [0.15, 0.2) is 18.2 Å². The van der Waals surface area contributed by atoms with Crippen LogP contribution in [-0.2, 0) is 4.74 Å². The van der Waals surface area contributed by atoms with Gasteiger partial charge in [0.15, 0.2) is 0 Å². The first-order valence-corrected chi connectivity index (χ1v) is 9.41. The maximum Gasteiger partial charge on any atom is 0.410 e. The van der Waals surface area contributed by atoms with E-state index in [9.17, 15) is 9.59 Å². The zero-order valence-corrected chi connectivity index (χ0v) is 16.3. The first kappa shape index (κ1) is 17.8. The fourth-order valence-corrected chi connectivity index (χ4v) is 4.30. The molecule has 3 heterocycles. The number of piperidine rings is 1. The number of benzene rings is 1. The predicted molar refractivity (Wildman–Crippen MR) is 103 cm³/mol. The van der Waals surface area contributed by atoms with Gasteiger partial charge in [0.25, 0.3) is 5.91 Å². The van der Waals surface area contributed by atoms with Crippen LogP contribution in [0.5, 0.6) is 0 Å². The number of carbonyl (C=O) groups is 2. The van der Waals surface area contributed by atoms with Gasteiger partial charge in [0.1, 0.15) is 5.60 Å². The molecule has 1 spiro atoms. The van der Waals surface area contributed by atoms with E-state index >= 15 is 0 Å². The van der Waals surface area contributed by atoms with Crippen LogP contribution in [0.25, 0.3) is 10.9 Å². The second-order valence-electron chi connectivity index (χ2n) is 7.96. The summed E-state index contributed by atoms with van der Waals surface area (Å²) in [5, 5.41) is 0.892. The Kier molecular flexibility index (Phi) is 4.09. The second-order valence-corrected chi connectivity index (χ2v) is 7.96. The van der Waals surface area contributed by atoms with Gasteiger partial charge >= 0.3 is 6.09 Å². The van der Waals surface area contributed by atoms with Crippen molar-refractivity contribution in [2.45, 2.75) is 39.2 Å². The van der Waals surface area contributed by atoms with Gasteiger partial charge < -0.3 is 14.5 Å². The van der Waals surface area contributed by atoms with Gasteiger partial charge in [-0.2, -0.15) is 0 Å². The van der Waals surface area contributed by atoms with Crippen molar-refractivity contribution in [3.8, 4) is 0 Å². The molecule has 1 aromatic carbocycles. The topological polar surface area (TPSA) is 62.7 Å². The lowest BCUT2D eigenvalue weighted by Gasteiger charge is -2.38. The number of rotatable bonds is 1. The minimum absolute atomic E-state index is 0.00160. The maximum atomic E-state index is 13.5. The number of hydrogen-bond acceptors (Lipinski definition) is 4. The van der Waals surface area contributed by atoms with Crippen LogP contribution in [0, 0.1) is 20.8 Å². The van der Waals surface area contributed by atoms with Crippen LogP contribution in [0.2, 0.25) is 0 Å². The number of aromatic nitrogens is 1. The summed E-state index contributed by atoms with van der Waals surface area (Å²) in [6.07, 6.45) is 1.31. The minimum atomic E-state index is -0.582. The standard InChI is InChI=1S/C21H25N3O3/c1-13-6-7-17-16(10-13)18(14(2)15(3)22-17)19(25)24-9-5-8-21(12-24)11-23(4)20(26)27-21/h6-7,10H,5,8-9,11-12H2,1-4H3. The third-order valence-electron chi connectivity index (χ3n) is 5.81. The number of nitrogens with zero attached hydrogens (tertiary/aromatic N) is 3. The third kappa shape index (κ3) is 2.93. The van der Waals surface area contributed by atoms with Crippen LogP contribution in [0.1, 0.15) is 40.0 Å². The number of hydrogen-bond donors (Lipinski definition) is 0. The lowest BCUT2D eigenvalue weighted by molar-refractivity contribution is -0.00517. The molecule has 1 unspecified atom stereocenters. The van der Waals surface area contributed by atoms with Crippen molar-refractivity contribution in [2.24, 2.45) is 0 Å². The fourth-order valence-electron chi connectivity index (χ4n) is 4.30. The second kappa shape index (κ2) is 6.22. The molecule has 27 heavy (non-hydrogen) atoms. The number of ether oxygens (including phenoxy) is 1. The van der Waals surface area contributed by atoms with Crippen LogP contribution >= 0.6 is 0 Å². The molecule has 2 saturated heterocycles. The quantitative estimate of drug-likeness (QED) is 0.776. The number of pyridine rings is 1. The Morgan fingerprint density at radius 3 is 2.70 bits per heavy atom. The maximum absolute atomic E-state index is 13.5. The Hall–Kier alpha value is -2.63. The summed E-state index contributed by atoms with van der Waals surface area (Å²) in [7, 11) is 1.74. The summed E-state index contributed by atoms with van der Waals surface area (Å²) in [5.41, 5.74) is 3.86. The average Bonchev–Trinajstić information content (AvgIpc) is 2.89. The van der Waals surface area contributed by atoms with Crippen LogP contribution in [-0.4, -0.2) is 59.1 Å². The van der Waals surface area contributed by atoms with E-state index < -0.39 is 5.60 Å². The summed E-state index contributed by atoms with van der Waals surface area (Å²) >= 11 is 0. The highest BCUT2D eigenvalue weighted by molar-refractivity contribution is 6.07. The van der Waals surface area contributed by atoms with E-state index in [1.165, 1.54) is 0 Å². The van der Waals surface area contributed by atoms with Gasteiger partial charge in [-0.1, -0.05) is 11.6 Å². The van der Waals surface area contributed by atoms with Gasteiger partial charge in [-0.15, -0.1) is 0 Å². The van der Waals surface area contributed by atoms with E-state index in [1.54, 1.807) is 11.9 Å². The van der Waals surface area contributed by atoms with Gasteiger partial charge in [0.05, 0.1) is 24.2 Å². The smallest absolute Gasteiger partial charge is 0.410 e. The number of fused-ring (bicyclic) bond motifs is 1. The molecule has 2 aromatic rings. The van der Waals surface area contributed by atoms with E-state index in [-0.39, 0.29) is 12.0 Å². The number of aryl methyl sites for hydroxylation is 2. The summed E-state index contributed by atoms with van der Waals surface area (Å²) in [6.45, 7) is 7.57. The molecule has 1 aromatic heterocycles. The molecule has 0 radical (unpaired) electrons. The Balaban J connectivity index is 1.74. The van der Waals surface area contributed by atoms with Crippen LogP contribution in [0.4, 0.5) is 4.79 Å². The van der Waals surface area contributed by atoms with Gasteiger partial charge in [-0.3, -0.25) is 9.78 Å². The first-order valence-electron chi connectivity index (χ1n) is 9.41. The van der Waals surface area contributed by atoms with Gasteiger partial charge in [-0.05, 0) is 51.3 Å². The molecular weight excluding hydrogens is 342 g/mol. The number of likely N-dealkylation sites (tertiary alicyclic amines) is 1. The third-order valence-corrected chi connectivity index (χ3v) is 5.81. The van der Waals surface area contributed by atoms with Crippen LogP contribution < -0.4 is 0 Å². The summed E-state index contributed by atoms with van der Waals surface area (Å²) in [5.74, 6) is -0.00160. The molecule has 2 amide bonds. The van der Waals surface area contributed by atoms with Crippen molar-refractivity contribution < 1.29 is 14.3 Å². The van der Waals surface area contributed by atoms with Gasteiger partial charge in [0, 0.05) is 24.7 Å². The van der Waals surface area contributed by atoms with Crippen molar-refractivity contribution in [1.29, 1.82) is 0 Å². The van der Waals surface area contributed by atoms with Gasteiger partial charge in [0.2, 0.25) is 0 Å². The molecule has 2 aliphatic heterocycles. The Bertz CT molecular complexity index is 955. The minimum Gasteiger partial charge on any atom is -0.439 e. The summed E-state index contributed by atoms with van der Waals surface area (Å²) in [4.78, 5) is 33.5. The number of carbonyl (C=O) groups excluding carboxylic acids is 2. The molecule has 0 bridgehead atoms. The predicted octanol–water partition coefficient (Wildman–Crippen LogP) is 3.22. The van der Waals surface area contributed by atoms with Crippen molar-refractivity contribution >= 4 is 22.9 Å². The molecule has 1 atom stereocenters. The molecule has 6 heteroatoms. The average molecular weight is 367 g/mol. The number of amides is 2. The Morgan fingerprint density at radius 2 is 2.00 bits per heavy atom. The molecule has 2 aliphatic rings. The first-order chi connectivity index (χ1) is 12.8. The molecule has 0 aliphatic carbocycles. The van der Waals surface area contributed by atoms with Crippen LogP contribution in [0.3, 0.4) is 0 Å². The molecule has 0 saturated carbocycles. The van der Waals surface area contributed by atoms with Crippen molar-refractivity contribution in [3.05, 3.63) is 40.6 Å². The fraction of sp³-hybridized carbons (Fsp3) is 0.476. The largest absolute Gasteiger partial charge is 0.439 e. The Labute approximate surface area is 159 Å². The van der Waals surface area contributed by atoms with Gasteiger partial charge in [-0.25, -0.2) is 4.79 Å². The van der Waals surface area contributed by atoms with E-state index in [2.05, 4.69) is 4.98 Å². The zero-order valence-electron chi connectivity index (χ0n) is 16.3. The van der Waals surface area contributed by atoms with Crippen molar-refractivity contribution in [1.82, 2.24) is 14.8 Å². The lowest BCUT2D eigenvalue weighted by atomic mass is 9.91. The van der Waals surface area contributed by atoms with Crippen molar-refractivity contribution in [2.75, 3.05) is 26.7 Å². The summed E-state index contributed by atoms with van der Waals surface area (Å²) in [6, 6.07) is 6.02. The Morgan fingerprint density at radius 1 is 1.22 bits per heavy atom. The SMILES string of the molecule is Cc1ccc2nc(C)c(C)c(C(=O)N3CCCC4(CN(C)C(=O)O4)C3)c2c1. The van der Waals surface area contributed by atoms with E-state index in [1.807, 2.05) is 43.9 Å². The highest BCUT2D eigenvalue weighted by Gasteiger charge is 2.47. The highest BCUT2D eigenvalue weighted by atomic mass is 16.6. The van der Waals surface area contributed by atoms with E-state index in [0.717, 1.165) is 46.1 Å². The molecule has 4 rings (SSSR count). The summed E-state index contributed by atoms with van der Waals surface area (Å²) < 4.78 is 5.66. The van der Waals surface area contributed by atoms with E-state index in [4.69, 9.17) is 4.74 Å². The zero-order chi connectivity index (χ0) is 19.3. The monoisotopic (exact) mass is 367 g/mol. The number of likely N-dealkylation sites (N-methyl/N-ethyl adjacent to an activating group) is 1. The normalized spacial score (nSPS) is 22.6. The molecule has 6 nitrogen and oxygen atoms in total. The molecule has 2 fully saturated rings. The molecule has 0 N–H and O–H groups in total. The van der Waals surface area contributed by atoms with Crippen molar-refractivity contribution in [3.63, 3.8) is 0 Å². The van der Waals surface area contributed by atoms with E-state index in [0.29, 0.717) is 19.6 Å². The molecule has 142 valence electrons. The highest BCUT2D eigenvalue weighted by Crippen LogP contribution is 2.33. The molecular formula is C21H25N3O3.